The number of alkyl halides is 2. The lowest BCUT2D eigenvalue weighted by molar-refractivity contribution is 0.134. The topological polar surface area (TPSA) is 56.7 Å². The van der Waals surface area contributed by atoms with E-state index in [1.807, 2.05) is 6.92 Å². The van der Waals surface area contributed by atoms with Crippen LogP contribution in [0.1, 0.15) is 31.4 Å². The van der Waals surface area contributed by atoms with Gasteiger partial charge in [-0.2, -0.15) is 0 Å². The smallest absolute Gasteiger partial charge is 0.297 e. The Balaban J connectivity index is 2.99. The van der Waals surface area contributed by atoms with E-state index >= 15 is 0 Å². The lowest BCUT2D eigenvalue weighted by Gasteiger charge is -2.06. The highest BCUT2D eigenvalue weighted by Crippen LogP contribution is 2.17. The zero-order chi connectivity index (χ0) is 9.84. The van der Waals surface area contributed by atoms with Gasteiger partial charge in [-0.1, -0.05) is 6.92 Å². The van der Waals surface area contributed by atoms with Gasteiger partial charge in [0.25, 0.3) is 6.43 Å². The lowest BCUT2D eigenvalue weighted by Crippen LogP contribution is -2.11. The molecule has 4 nitrogen and oxygen atoms in total. The van der Waals surface area contributed by atoms with Crippen LogP contribution in [0, 0.1) is 0 Å². The molecule has 0 bridgehead atoms. The second-order valence-corrected chi connectivity index (χ2v) is 2.63. The molecule has 6 heteroatoms. The molecular weight excluding hydrogens is 178 g/mol. The SMILES string of the molecule is CCCn1c(CN)nnc1C(F)F. The van der Waals surface area contributed by atoms with E-state index in [2.05, 4.69) is 10.2 Å². The first kappa shape index (κ1) is 10.0. The summed E-state index contributed by atoms with van der Waals surface area (Å²) in [5, 5.41) is 6.97. The molecule has 1 heterocycles. The van der Waals surface area contributed by atoms with Crippen LogP contribution < -0.4 is 5.73 Å². The quantitative estimate of drug-likeness (QED) is 0.773. The molecule has 0 amide bonds. The molecule has 0 atom stereocenters. The van der Waals surface area contributed by atoms with Crippen LogP contribution in [-0.4, -0.2) is 14.8 Å². The third-order valence-electron chi connectivity index (χ3n) is 1.68. The Labute approximate surface area is 74.8 Å². The van der Waals surface area contributed by atoms with Crippen LogP contribution in [-0.2, 0) is 13.1 Å². The second-order valence-electron chi connectivity index (χ2n) is 2.63. The fraction of sp³-hybridized carbons (Fsp3) is 0.714. The Morgan fingerprint density at radius 1 is 1.46 bits per heavy atom. The lowest BCUT2D eigenvalue weighted by atomic mass is 10.4. The minimum absolute atomic E-state index is 0.139. The normalized spacial score (nSPS) is 11.2. The third-order valence-corrected chi connectivity index (χ3v) is 1.68. The highest BCUT2D eigenvalue weighted by molar-refractivity contribution is 4.96. The largest absolute Gasteiger partial charge is 0.324 e. The maximum atomic E-state index is 12.3. The van der Waals surface area contributed by atoms with E-state index in [9.17, 15) is 8.78 Å². The minimum Gasteiger partial charge on any atom is -0.324 e. The first-order chi connectivity index (χ1) is 6.20. The fourth-order valence-electron chi connectivity index (χ4n) is 1.13. The van der Waals surface area contributed by atoms with Crippen molar-refractivity contribution in [2.75, 3.05) is 0 Å². The van der Waals surface area contributed by atoms with Crippen molar-refractivity contribution in [3.8, 4) is 0 Å². The molecule has 0 aromatic carbocycles. The predicted molar refractivity (Wildman–Crippen MR) is 43.2 cm³/mol. The van der Waals surface area contributed by atoms with Crippen LogP contribution in [0.4, 0.5) is 8.78 Å². The number of rotatable bonds is 4. The Bertz CT molecular complexity index is 271. The van der Waals surface area contributed by atoms with E-state index in [1.165, 1.54) is 4.57 Å². The number of aromatic nitrogens is 3. The van der Waals surface area contributed by atoms with Crippen molar-refractivity contribution in [3.63, 3.8) is 0 Å². The summed E-state index contributed by atoms with van der Waals surface area (Å²) in [7, 11) is 0. The van der Waals surface area contributed by atoms with E-state index in [-0.39, 0.29) is 12.4 Å². The molecule has 0 aliphatic rings. The second kappa shape index (κ2) is 4.27. The number of halogens is 2. The fourth-order valence-corrected chi connectivity index (χ4v) is 1.13. The summed E-state index contributed by atoms with van der Waals surface area (Å²) >= 11 is 0. The molecule has 1 aromatic rings. The first-order valence-electron chi connectivity index (χ1n) is 4.10. The van der Waals surface area contributed by atoms with E-state index in [0.29, 0.717) is 12.4 Å². The molecule has 0 saturated carbocycles. The van der Waals surface area contributed by atoms with Gasteiger partial charge in [-0.05, 0) is 6.42 Å². The standard InChI is InChI=1S/C7H12F2N4/c1-2-3-13-5(4-10)11-12-7(13)6(8)9/h6H,2-4,10H2,1H3. The van der Waals surface area contributed by atoms with Crippen LogP contribution >= 0.6 is 0 Å². The van der Waals surface area contributed by atoms with Crippen molar-refractivity contribution in [2.24, 2.45) is 5.73 Å². The number of nitrogens with zero attached hydrogens (tertiary/aromatic N) is 3. The van der Waals surface area contributed by atoms with E-state index in [1.54, 1.807) is 0 Å². The Morgan fingerprint density at radius 2 is 2.15 bits per heavy atom. The molecule has 0 spiro atoms. The van der Waals surface area contributed by atoms with Crippen LogP contribution in [0.3, 0.4) is 0 Å². The van der Waals surface area contributed by atoms with Gasteiger partial charge in [0.1, 0.15) is 5.82 Å². The zero-order valence-electron chi connectivity index (χ0n) is 7.37. The van der Waals surface area contributed by atoms with Crippen molar-refractivity contribution >= 4 is 0 Å². The summed E-state index contributed by atoms with van der Waals surface area (Å²) in [6, 6.07) is 0. The maximum absolute atomic E-state index is 12.3. The summed E-state index contributed by atoms with van der Waals surface area (Å²) < 4.78 is 26.1. The molecule has 74 valence electrons. The number of hydrogen-bond acceptors (Lipinski definition) is 3. The van der Waals surface area contributed by atoms with Crippen molar-refractivity contribution in [1.29, 1.82) is 0 Å². The summed E-state index contributed by atoms with van der Waals surface area (Å²) in [6.45, 7) is 2.52. The van der Waals surface area contributed by atoms with Crippen molar-refractivity contribution in [1.82, 2.24) is 14.8 Å². The number of hydrogen-bond donors (Lipinski definition) is 1. The summed E-state index contributed by atoms with van der Waals surface area (Å²) in [5.41, 5.74) is 5.33. The third kappa shape index (κ3) is 2.00. The summed E-state index contributed by atoms with van der Waals surface area (Å²) in [4.78, 5) is 0. The van der Waals surface area contributed by atoms with Gasteiger partial charge < -0.3 is 10.3 Å². The van der Waals surface area contributed by atoms with Crippen LogP contribution in [0.5, 0.6) is 0 Å². The van der Waals surface area contributed by atoms with Gasteiger partial charge in [-0.15, -0.1) is 10.2 Å². The summed E-state index contributed by atoms with van der Waals surface area (Å²) in [6.07, 6.45) is -1.83. The molecule has 13 heavy (non-hydrogen) atoms. The Kier molecular flexibility index (Phi) is 3.30. The van der Waals surface area contributed by atoms with E-state index in [4.69, 9.17) is 5.73 Å². The van der Waals surface area contributed by atoms with Gasteiger partial charge in [0, 0.05) is 6.54 Å². The summed E-state index contributed by atoms with van der Waals surface area (Å²) in [5.74, 6) is 0.124. The molecule has 0 aliphatic heterocycles. The molecule has 2 N–H and O–H groups in total. The van der Waals surface area contributed by atoms with E-state index in [0.717, 1.165) is 6.42 Å². The molecule has 0 radical (unpaired) electrons. The van der Waals surface area contributed by atoms with Gasteiger partial charge in [-0.25, -0.2) is 8.78 Å². The average molecular weight is 190 g/mol. The van der Waals surface area contributed by atoms with Crippen LogP contribution in [0.25, 0.3) is 0 Å². The molecular formula is C7H12F2N4. The van der Waals surface area contributed by atoms with Gasteiger partial charge in [0.15, 0.2) is 5.82 Å². The highest BCUT2D eigenvalue weighted by Gasteiger charge is 2.18. The molecule has 1 aromatic heterocycles. The van der Waals surface area contributed by atoms with Gasteiger partial charge in [0.2, 0.25) is 0 Å². The molecule has 1 rings (SSSR count). The maximum Gasteiger partial charge on any atom is 0.297 e. The van der Waals surface area contributed by atoms with E-state index < -0.39 is 6.43 Å². The van der Waals surface area contributed by atoms with Crippen LogP contribution in [0.15, 0.2) is 0 Å². The molecule has 0 saturated heterocycles. The molecule has 0 unspecified atom stereocenters. The highest BCUT2D eigenvalue weighted by atomic mass is 19.3. The minimum atomic E-state index is -2.58. The van der Waals surface area contributed by atoms with Crippen LogP contribution in [0.2, 0.25) is 0 Å². The predicted octanol–water partition coefficient (Wildman–Crippen LogP) is 1.08. The average Bonchev–Trinajstić information content (AvgIpc) is 2.48. The number of nitrogens with two attached hydrogens (primary N) is 1. The van der Waals surface area contributed by atoms with Crippen molar-refractivity contribution in [2.45, 2.75) is 32.9 Å². The molecule has 0 fully saturated rings. The molecule has 0 aliphatic carbocycles. The van der Waals surface area contributed by atoms with Gasteiger partial charge in [0.05, 0.1) is 6.54 Å². The monoisotopic (exact) mass is 190 g/mol. The van der Waals surface area contributed by atoms with Crippen molar-refractivity contribution in [3.05, 3.63) is 11.6 Å². The Morgan fingerprint density at radius 3 is 2.62 bits per heavy atom. The van der Waals surface area contributed by atoms with Gasteiger partial charge in [-0.3, -0.25) is 0 Å². The zero-order valence-corrected chi connectivity index (χ0v) is 7.37. The first-order valence-corrected chi connectivity index (χ1v) is 4.10. The van der Waals surface area contributed by atoms with Crippen molar-refractivity contribution < 1.29 is 8.78 Å². The van der Waals surface area contributed by atoms with Gasteiger partial charge >= 0.3 is 0 Å². The Hall–Kier alpha value is -1.04.